The first-order valence-corrected chi connectivity index (χ1v) is 8.46. The van der Waals surface area contributed by atoms with Gasteiger partial charge in [0.1, 0.15) is 4.21 Å². The summed E-state index contributed by atoms with van der Waals surface area (Å²) in [5, 5.41) is 1.73. The minimum Gasteiger partial charge on any atom is -0.383 e. The van der Waals surface area contributed by atoms with Crippen molar-refractivity contribution in [3.8, 4) is 0 Å². The van der Waals surface area contributed by atoms with Crippen LogP contribution in [0.4, 0.5) is 0 Å². The number of rotatable bonds is 7. The minimum absolute atomic E-state index is 0.256. The Hall–Kier alpha value is 0.340. The van der Waals surface area contributed by atoms with E-state index in [9.17, 15) is 8.42 Å². The van der Waals surface area contributed by atoms with Gasteiger partial charge in [-0.3, -0.25) is 0 Å². The van der Waals surface area contributed by atoms with E-state index in [1.165, 1.54) is 22.8 Å². The molecule has 0 unspecified atom stereocenters. The van der Waals surface area contributed by atoms with Crippen LogP contribution in [0.25, 0.3) is 0 Å². The summed E-state index contributed by atoms with van der Waals surface area (Å²) in [5.41, 5.74) is 0. The fraction of sp³-hybridized carbons (Fsp3) is 0.556. The van der Waals surface area contributed by atoms with Crippen LogP contribution in [0.3, 0.4) is 0 Å². The largest absolute Gasteiger partial charge is 0.383 e. The Bertz CT molecular complexity index is 449. The molecule has 0 spiro atoms. The fourth-order valence-corrected chi connectivity index (χ4v) is 5.40. The lowest BCUT2D eigenvalue weighted by Gasteiger charge is -2.20. The predicted molar refractivity (Wildman–Crippen MR) is 73.4 cm³/mol. The Kier molecular flexibility index (Phi) is 6.39. The van der Waals surface area contributed by atoms with Gasteiger partial charge in [0.25, 0.3) is 10.0 Å². The third-order valence-corrected chi connectivity index (χ3v) is 6.75. The first kappa shape index (κ1) is 15.4. The molecular formula is C9H13BrClNO3S2. The van der Waals surface area contributed by atoms with Gasteiger partial charge in [-0.05, 0) is 27.4 Å². The molecule has 0 aliphatic rings. The number of nitrogens with zero attached hydrogens (tertiary/aromatic N) is 1. The molecule has 0 fully saturated rings. The summed E-state index contributed by atoms with van der Waals surface area (Å²) >= 11 is 10.0. The molecule has 0 N–H and O–H groups in total. The highest BCUT2D eigenvalue weighted by atomic mass is 79.9. The van der Waals surface area contributed by atoms with Crippen molar-refractivity contribution in [3.63, 3.8) is 0 Å². The molecule has 1 rings (SSSR count). The maximum absolute atomic E-state index is 12.3. The van der Waals surface area contributed by atoms with E-state index in [2.05, 4.69) is 15.9 Å². The normalized spacial score (nSPS) is 12.2. The molecular weight excluding hydrogens is 350 g/mol. The van der Waals surface area contributed by atoms with Gasteiger partial charge in [0, 0.05) is 30.6 Å². The standard InChI is InChI=1S/C9H13BrClNO3S2/c1-15-6-5-12(4-3-11)17(13,14)9-8(10)2-7-16-9/h2,7H,3-6H2,1H3. The van der Waals surface area contributed by atoms with Crippen LogP contribution in [0.2, 0.25) is 0 Å². The summed E-state index contributed by atoms with van der Waals surface area (Å²) in [7, 11) is -1.95. The molecule has 0 bridgehead atoms. The lowest BCUT2D eigenvalue weighted by Crippen LogP contribution is -2.35. The van der Waals surface area contributed by atoms with Crippen molar-refractivity contribution in [3.05, 3.63) is 15.9 Å². The van der Waals surface area contributed by atoms with E-state index in [0.717, 1.165) is 0 Å². The van der Waals surface area contributed by atoms with Crippen LogP contribution < -0.4 is 0 Å². The molecule has 4 nitrogen and oxygen atoms in total. The summed E-state index contributed by atoms with van der Waals surface area (Å²) in [6, 6.07) is 1.72. The van der Waals surface area contributed by atoms with Gasteiger partial charge >= 0.3 is 0 Å². The maximum atomic E-state index is 12.3. The SMILES string of the molecule is COCCN(CCCl)S(=O)(=O)c1sccc1Br. The molecule has 1 aromatic heterocycles. The molecule has 17 heavy (non-hydrogen) atoms. The highest BCUT2D eigenvalue weighted by Gasteiger charge is 2.26. The molecule has 0 saturated heterocycles. The average molecular weight is 363 g/mol. The number of hydrogen-bond donors (Lipinski definition) is 0. The summed E-state index contributed by atoms with van der Waals surface area (Å²) in [4.78, 5) is 0. The van der Waals surface area contributed by atoms with Crippen LogP contribution in [-0.4, -0.2) is 45.4 Å². The van der Waals surface area contributed by atoms with Gasteiger partial charge in [0.05, 0.1) is 6.61 Å². The monoisotopic (exact) mass is 361 g/mol. The topological polar surface area (TPSA) is 46.6 Å². The zero-order valence-corrected chi connectivity index (χ0v) is 13.2. The molecule has 0 atom stereocenters. The highest BCUT2D eigenvalue weighted by Crippen LogP contribution is 2.30. The zero-order valence-electron chi connectivity index (χ0n) is 9.23. The molecule has 0 amide bonds. The molecule has 0 radical (unpaired) electrons. The number of hydrogen-bond acceptors (Lipinski definition) is 4. The smallest absolute Gasteiger partial charge is 0.253 e. The van der Waals surface area contributed by atoms with Crippen molar-refractivity contribution in [1.29, 1.82) is 0 Å². The Morgan fingerprint density at radius 2 is 2.24 bits per heavy atom. The van der Waals surface area contributed by atoms with E-state index in [1.807, 2.05) is 0 Å². The van der Waals surface area contributed by atoms with Gasteiger partial charge in [-0.15, -0.1) is 22.9 Å². The van der Waals surface area contributed by atoms with Crippen molar-refractivity contribution >= 4 is 48.9 Å². The van der Waals surface area contributed by atoms with E-state index in [1.54, 1.807) is 11.4 Å². The molecule has 0 aromatic carbocycles. The van der Waals surface area contributed by atoms with Crippen molar-refractivity contribution in [2.75, 3.05) is 32.7 Å². The van der Waals surface area contributed by atoms with Crippen LogP contribution in [0.1, 0.15) is 0 Å². The highest BCUT2D eigenvalue weighted by molar-refractivity contribution is 9.10. The van der Waals surface area contributed by atoms with Crippen LogP contribution in [0, 0.1) is 0 Å². The van der Waals surface area contributed by atoms with E-state index >= 15 is 0 Å². The van der Waals surface area contributed by atoms with E-state index in [0.29, 0.717) is 21.8 Å². The number of methoxy groups -OCH3 is 1. The van der Waals surface area contributed by atoms with Crippen LogP contribution in [0.5, 0.6) is 0 Å². The van der Waals surface area contributed by atoms with Crippen molar-refractivity contribution in [1.82, 2.24) is 4.31 Å². The maximum Gasteiger partial charge on any atom is 0.253 e. The van der Waals surface area contributed by atoms with Gasteiger partial charge < -0.3 is 4.74 Å². The Morgan fingerprint density at radius 3 is 2.71 bits per heavy atom. The van der Waals surface area contributed by atoms with Crippen molar-refractivity contribution in [2.45, 2.75) is 4.21 Å². The number of halogens is 2. The van der Waals surface area contributed by atoms with Crippen LogP contribution in [0.15, 0.2) is 20.1 Å². The zero-order chi connectivity index (χ0) is 12.9. The summed E-state index contributed by atoms with van der Waals surface area (Å²) < 4.78 is 31.7. The second-order valence-electron chi connectivity index (χ2n) is 3.14. The third-order valence-electron chi connectivity index (χ3n) is 2.04. The Balaban J connectivity index is 2.96. The summed E-state index contributed by atoms with van der Waals surface area (Å²) in [6.07, 6.45) is 0. The first-order chi connectivity index (χ1) is 8.04. The van der Waals surface area contributed by atoms with E-state index in [4.69, 9.17) is 16.3 Å². The van der Waals surface area contributed by atoms with Gasteiger partial charge in [-0.2, -0.15) is 4.31 Å². The first-order valence-electron chi connectivity index (χ1n) is 4.82. The lowest BCUT2D eigenvalue weighted by molar-refractivity contribution is 0.180. The van der Waals surface area contributed by atoms with Crippen LogP contribution >= 0.6 is 38.9 Å². The predicted octanol–water partition coefficient (Wildman–Crippen LogP) is 2.39. The number of sulfonamides is 1. The second kappa shape index (κ2) is 7.06. The quantitative estimate of drug-likeness (QED) is 0.700. The molecule has 1 aromatic rings. The van der Waals surface area contributed by atoms with Crippen LogP contribution in [-0.2, 0) is 14.8 Å². The molecule has 0 saturated carbocycles. The number of alkyl halides is 1. The van der Waals surface area contributed by atoms with E-state index in [-0.39, 0.29) is 12.4 Å². The number of ether oxygens (including phenoxy) is 1. The van der Waals surface area contributed by atoms with Gasteiger partial charge in [0.15, 0.2) is 0 Å². The molecule has 0 aliphatic carbocycles. The molecule has 0 aliphatic heterocycles. The van der Waals surface area contributed by atoms with Gasteiger partial charge in [-0.1, -0.05) is 0 Å². The molecule has 8 heteroatoms. The Labute approximate surface area is 119 Å². The lowest BCUT2D eigenvalue weighted by atomic mass is 10.6. The minimum atomic E-state index is -3.48. The summed E-state index contributed by atoms with van der Waals surface area (Å²) in [5.74, 6) is 0.256. The van der Waals surface area contributed by atoms with E-state index < -0.39 is 10.0 Å². The Morgan fingerprint density at radius 1 is 1.53 bits per heavy atom. The van der Waals surface area contributed by atoms with Gasteiger partial charge in [0.2, 0.25) is 0 Å². The van der Waals surface area contributed by atoms with Crippen molar-refractivity contribution < 1.29 is 13.2 Å². The van der Waals surface area contributed by atoms with Crippen molar-refractivity contribution in [2.24, 2.45) is 0 Å². The fourth-order valence-electron chi connectivity index (χ4n) is 1.22. The summed E-state index contributed by atoms with van der Waals surface area (Å²) in [6.45, 7) is 0.923. The average Bonchev–Trinajstić information content (AvgIpc) is 2.71. The molecule has 98 valence electrons. The third kappa shape index (κ3) is 3.90. The van der Waals surface area contributed by atoms with Gasteiger partial charge in [-0.25, -0.2) is 8.42 Å². The second-order valence-corrected chi connectivity index (χ2v) is 7.42. The molecule has 1 heterocycles. The number of thiophene rings is 1.